The molecule has 2 aromatic rings. The van der Waals surface area contributed by atoms with Crippen molar-refractivity contribution in [2.75, 3.05) is 19.3 Å². The average molecular weight is 488 g/mol. The van der Waals surface area contributed by atoms with E-state index in [1.807, 2.05) is 0 Å². The number of nitrogens with zero attached hydrogens (tertiary/aromatic N) is 2. The molecule has 180 valence electrons. The standard InChI is InChI=1S/C21H23F3N2O6S/c1-14(21(22,23)24)31-20(28)25-10-7-16(8-11-25)32-17-9-12-26(19(27)13-17)15-3-5-18(6-4-15)33(2,29)30/h3-6,9,12-14,16H,7-8,10-11H2,1-2H3. The van der Waals surface area contributed by atoms with Gasteiger partial charge in [0.25, 0.3) is 5.56 Å². The van der Waals surface area contributed by atoms with E-state index in [9.17, 15) is 31.2 Å². The normalized spacial score (nSPS) is 16.3. The minimum absolute atomic E-state index is 0.141. The summed E-state index contributed by atoms with van der Waals surface area (Å²) in [4.78, 5) is 25.7. The van der Waals surface area contributed by atoms with Gasteiger partial charge in [-0.2, -0.15) is 13.2 Å². The number of sulfone groups is 1. The number of halogens is 3. The van der Waals surface area contributed by atoms with Crippen molar-refractivity contribution in [1.82, 2.24) is 9.47 Å². The highest BCUT2D eigenvalue weighted by Gasteiger charge is 2.40. The van der Waals surface area contributed by atoms with Crippen LogP contribution in [0.15, 0.2) is 52.3 Å². The van der Waals surface area contributed by atoms with E-state index in [-0.39, 0.29) is 29.6 Å². The zero-order valence-corrected chi connectivity index (χ0v) is 18.7. The molecule has 1 aliphatic rings. The van der Waals surface area contributed by atoms with Crippen LogP contribution in [0.25, 0.3) is 5.69 Å². The molecule has 2 heterocycles. The molecule has 0 aliphatic carbocycles. The molecule has 1 saturated heterocycles. The minimum atomic E-state index is -4.62. The van der Waals surface area contributed by atoms with Gasteiger partial charge in [-0.3, -0.25) is 9.36 Å². The first-order chi connectivity index (χ1) is 15.3. The highest BCUT2D eigenvalue weighted by atomic mass is 32.2. The first kappa shape index (κ1) is 24.6. The lowest BCUT2D eigenvalue weighted by molar-refractivity contribution is -0.200. The van der Waals surface area contributed by atoms with Gasteiger partial charge in [0.15, 0.2) is 15.9 Å². The lowest BCUT2D eigenvalue weighted by atomic mass is 10.1. The van der Waals surface area contributed by atoms with Crippen molar-refractivity contribution in [3.05, 3.63) is 52.9 Å². The van der Waals surface area contributed by atoms with E-state index in [2.05, 4.69) is 4.74 Å². The smallest absolute Gasteiger partial charge is 0.425 e. The van der Waals surface area contributed by atoms with E-state index in [4.69, 9.17) is 4.74 Å². The number of likely N-dealkylation sites (tertiary alicyclic amines) is 1. The van der Waals surface area contributed by atoms with E-state index in [0.717, 1.165) is 13.2 Å². The molecule has 1 aromatic heterocycles. The fourth-order valence-corrected chi connectivity index (χ4v) is 3.87. The summed E-state index contributed by atoms with van der Waals surface area (Å²) in [6.07, 6.45) is -4.83. The van der Waals surface area contributed by atoms with Crippen LogP contribution in [0.3, 0.4) is 0 Å². The Bertz CT molecular complexity index is 1150. The van der Waals surface area contributed by atoms with Crippen molar-refractivity contribution < 1.29 is 35.9 Å². The molecule has 0 bridgehead atoms. The van der Waals surface area contributed by atoms with Gasteiger partial charge in [0.1, 0.15) is 11.9 Å². The number of amides is 1. The number of alkyl halides is 3. The summed E-state index contributed by atoms with van der Waals surface area (Å²) in [5, 5.41) is 0. The zero-order chi connectivity index (χ0) is 24.4. The van der Waals surface area contributed by atoms with Crippen LogP contribution in [0.5, 0.6) is 5.75 Å². The molecule has 1 aliphatic heterocycles. The molecule has 12 heteroatoms. The fourth-order valence-electron chi connectivity index (χ4n) is 3.24. The second-order valence-corrected chi connectivity index (χ2v) is 9.72. The number of piperidine rings is 1. The quantitative estimate of drug-likeness (QED) is 0.642. The van der Waals surface area contributed by atoms with E-state index in [1.54, 1.807) is 6.07 Å². The maximum Gasteiger partial charge on any atom is 0.425 e. The largest absolute Gasteiger partial charge is 0.490 e. The molecular formula is C21H23F3N2O6S. The Hall–Kier alpha value is -3.02. The summed E-state index contributed by atoms with van der Waals surface area (Å²) in [5.41, 5.74) is 0.0978. The SMILES string of the molecule is CC(OC(=O)N1CCC(Oc2ccn(-c3ccc(S(C)(=O)=O)cc3)c(=O)c2)CC1)C(F)(F)F. The van der Waals surface area contributed by atoms with Gasteiger partial charge in [-0.1, -0.05) is 0 Å². The second kappa shape index (κ2) is 9.46. The van der Waals surface area contributed by atoms with Gasteiger partial charge in [0.05, 0.1) is 4.90 Å². The summed E-state index contributed by atoms with van der Waals surface area (Å²) >= 11 is 0. The minimum Gasteiger partial charge on any atom is -0.490 e. The van der Waals surface area contributed by atoms with Crippen LogP contribution in [-0.2, 0) is 14.6 Å². The van der Waals surface area contributed by atoms with Crippen LogP contribution < -0.4 is 10.3 Å². The van der Waals surface area contributed by atoms with Crippen molar-refractivity contribution in [3.8, 4) is 11.4 Å². The Morgan fingerprint density at radius 1 is 1.12 bits per heavy atom. The summed E-state index contributed by atoms with van der Waals surface area (Å²) in [7, 11) is -3.35. The van der Waals surface area contributed by atoms with Crippen molar-refractivity contribution in [2.45, 2.75) is 43.0 Å². The third-order valence-corrected chi connectivity index (χ3v) is 6.30. The number of ether oxygens (including phenoxy) is 2. The van der Waals surface area contributed by atoms with Gasteiger partial charge in [0.2, 0.25) is 0 Å². The van der Waals surface area contributed by atoms with Crippen LogP contribution >= 0.6 is 0 Å². The lowest BCUT2D eigenvalue weighted by Crippen LogP contribution is -2.44. The van der Waals surface area contributed by atoms with Crippen molar-refractivity contribution in [2.24, 2.45) is 0 Å². The van der Waals surface area contributed by atoms with E-state index < -0.39 is 28.2 Å². The molecule has 0 radical (unpaired) electrons. The maximum absolute atomic E-state index is 12.5. The Morgan fingerprint density at radius 3 is 2.24 bits per heavy atom. The molecule has 0 spiro atoms. The van der Waals surface area contributed by atoms with Gasteiger partial charge in [-0.25, -0.2) is 13.2 Å². The second-order valence-electron chi connectivity index (χ2n) is 7.71. The third kappa shape index (κ3) is 6.28. The Labute approximate surface area is 188 Å². The van der Waals surface area contributed by atoms with Gasteiger partial charge < -0.3 is 14.4 Å². The van der Waals surface area contributed by atoms with E-state index >= 15 is 0 Å². The molecule has 0 saturated carbocycles. The number of carbonyl (C=O) groups is 1. The topological polar surface area (TPSA) is 94.9 Å². The van der Waals surface area contributed by atoms with E-state index in [0.29, 0.717) is 24.3 Å². The monoisotopic (exact) mass is 488 g/mol. The van der Waals surface area contributed by atoms with E-state index in [1.165, 1.54) is 46.0 Å². The highest BCUT2D eigenvalue weighted by molar-refractivity contribution is 7.90. The maximum atomic E-state index is 12.5. The number of benzene rings is 1. The van der Waals surface area contributed by atoms with Crippen LogP contribution in [-0.4, -0.2) is 61.7 Å². The van der Waals surface area contributed by atoms with Crippen LogP contribution in [0.2, 0.25) is 0 Å². The Kier molecular flexibility index (Phi) is 7.06. The molecule has 1 amide bonds. The highest BCUT2D eigenvalue weighted by Crippen LogP contribution is 2.24. The number of carbonyl (C=O) groups excluding carboxylic acids is 1. The lowest BCUT2D eigenvalue weighted by Gasteiger charge is -2.32. The van der Waals surface area contributed by atoms with Gasteiger partial charge in [-0.05, 0) is 37.3 Å². The number of pyridine rings is 1. The summed E-state index contributed by atoms with van der Waals surface area (Å²) < 4.78 is 72.4. The average Bonchev–Trinajstić information content (AvgIpc) is 2.73. The van der Waals surface area contributed by atoms with Crippen LogP contribution in [0.4, 0.5) is 18.0 Å². The zero-order valence-electron chi connectivity index (χ0n) is 17.9. The first-order valence-electron chi connectivity index (χ1n) is 10.1. The summed E-state index contributed by atoms with van der Waals surface area (Å²) in [6, 6.07) is 8.73. The Morgan fingerprint density at radius 2 is 1.73 bits per heavy atom. The summed E-state index contributed by atoms with van der Waals surface area (Å²) in [6.45, 7) is 1.10. The molecule has 0 N–H and O–H groups in total. The summed E-state index contributed by atoms with van der Waals surface area (Å²) in [5.74, 6) is 0.315. The van der Waals surface area contributed by atoms with Crippen molar-refractivity contribution >= 4 is 15.9 Å². The predicted molar refractivity (Wildman–Crippen MR) is 112 cm³/mol. The molecule has 3 rings (SSSR count). The van der Waals surface area contributed by atoms with Crippen LogP contribution in [0.1, 0.15) is 19.8 Å². The molecule has 33 heavy (non-hydrogen) atoms. The van der Waals surface area contributed by atoms with Crippen LogP contribution in [0, 0.1) is 0 Å². The predicted octanol–water partition coefficient (Wildman–Crippen LogP) is 3.17. The Balaban J connectivity index is 1.58. The number of aromatic nitrogens is 1. The molecule has 8 nitrogen and oxygen atoms in total. The number of rotatable bonds is 5. The fraction of sp³-hybridized carbons (Fsp3) is 0.429. The molecule has 1 atom stereocenters. The number of hydrogen-bond acceptors (Lipinski definition) is 6. The van der Waals surface area contributed by atoms with Gasteiger partial charge >= 0.3 is 12.3 Å². The first-order valence-corrected chi connectivity index (χ1v) is 12.0. The molecule has 1 aromatic carbocycles. The molecular weight excluding hydrogens is 465 g/mol. The van der Waals surface area contributed by atoms with Crippen molar-refractivity contribution in [3.63, 3.8) is 0 Å². The molecule has 1 fully saturated rings. The molecule has 1 unspecified atom stereocenters. The van der Waals surface area contributed by atoms with Gasteiger partial charge in [-0.15, -0.1) is 0 Å². The number of hydrogen-bond donors (Lipinski definition) is 0. The third-order valence-electron chi connectivity index (χ3n) is 5.18. The van der Waals surface area contributed by atoms with Gasteiger partial charge in [0, 0.05) is 50.1 Å². The van der Waals surface area contributed by atoms with Crippen molar-refractivity contribution in [1.29, 1.82) is 0 Å².